The van der Waals surface area contributed by atoms with E-state index >= 15 is 0 Å². The molecular weight excluding hydrogens is 591 g/mol. The van der Waals surface area contributed by atoms with Crippen molar-refractivity contribution in [3.63, 3.8) is 0 Å². The lowest BCUT2D eigenvalue weighted by Crippen LogP contribution is -2.17. The molecule has 0 N–H and O–H groups in total. The molecule has 1 nitrogen and oxygen atoms in total. The molecule has 0 aromatic heterocycles. The monoisotopic (exact) mass is 629 g/mol. The summed E-state index contributed by atoms with van der Waals surface area (Å²) in [4.78, 5) is 2.48. The van der Waals surface area contributed by atoms with Crippen LogP contribution < -0.4 is 4.90 Å². The molecule has 0 heterocycles. The van der Waals surface area contributed by atoms with Crippen LogP contribution in [0.4, 0.5) is 17.1 Å². The number of rotatable bonds is 5. The molecule has 0 spiro atoms. The fraction of sp³-hybridized carbons (Fsp3) is 0.125. The van der Waals surface area contributed by atoms with Crippen molar-refractivity contribution in [2.45, 2.75) is 38.5 Å². The third-order valence-corrected chi connectivity index (χ3v) is 11.1. The molecule has 0 amide bonds. The summed E-state index contributed by atoms with van der Waals surface area (Å²) in [6.45, 7) is 9.46. The van der Waals surface area contributed by atoms with Crippen molar-refractivity contribution in [1.82, 2.24) is 0 Å². The van der Waals surface area contributed by atoms with E-state index in [0.29, 0.717) is 0 Å². The van der Waals surface area contributed by atoms with Crippen molar-refractivity contribution in [2.75, 3.05) is 4.90 Å². The van der Waals surface area contributed by atoms with Gasteiger partial charge in [-0.2, -0.15) is 0 Å². The van der Waals surface area contributed by atoms with Gasteiger partial charge in [-0.1, -0.05) is 161 Å². The Bertz CT molecular complexity index is 2380. The second kappa shape index (κ2) is 10.9. The van der Waals surface area contributed by atoms with E-state index in [1.54, 1.807) is 0 Å². The standard InChI is InChI=1S/C48H39N/c1-47(2)41-26-14-12-22-38(41)45-39(24-15-27-42(45)47)46-35(32-17-7-5-8-18-32)23-16-28-44(46)49(33-19-9-6-10-20-33)34-29-30-37-36-21-11-13-25-40(36)48(3,4)43(37)31-34/h5-31H,1-4H3. The molecule has 7 aromatic carbocycles. The topological polar surface area (TPSA) is 3.24 Å². The molecule has 7 aromatic rings. The average molecular weight is 630 g/mol. The summed E-state index contributed by atoms with van der Waals surface area (Å²) in [6.07, 6.45) is 0. The van der Waals surface area contributed by atoms with Gasteiger partial charge in [0.05, 0.1) is 5.69 Å². The summed E-state index contributed by atoms with van der Waals surface area (Å²) < 4.78 is 0. The van der Waals surface area contributed by atoms with Gasteiger partial charge in [-0.15, -0.1) is 0 Å². The number of hydrogen-bond donors (Lipinski definition) is 0. The first-order valence-electron chi connectivity index (χ1n) is 17.4. The fourth-order valence-electron chi connectivity index (χ4n) is 8.67. The Balaban J connectivity index is 1.35. The van der Waals surface area contributed by atoms with Gasteiger partial charge in [-0.05, 0) is 91.5 Å². The van der Waals surface area contributed by atoms with Gasteiger partial charge in [0, 0.05) is 27.8 Å². The van der Waals surface area contributed by atoms with Gasteiger partial charge < -0.3 is 4.90 Å². The number of hydrogen-bond acceptors (Lipinski definition) is 1. The van der Waals surface area contributed by atoms with E-state index in [9.17, 15) is 0 Å². The van der Waals surface area contributed by atoms with Gasteiger partial charge in [-0.3, -0.25) is 0 Å². The highest BCUT2D eigenvalue weighted by atomic mass is 15.1. The molecule has 2 aliphatic rings. The Morgan fingerprint density at radius 2 is 0.878 bits per heavy atom. The van der Waals surface area contributed by atoms with E-state index in [0.717, 1.165) is 17.1 Å². The Morgan fingerprint density at radius 1 is 0.347 bits per heavy atom. The first-order chi connectivity index (χ1) is 23.9. The van der Waals surface area contributed by atoms with E-state index < -0.39 is 0 Å². The summed E-state index contributed by atoms with van der Waals surface area (Å²) in [5, 5.41) is 0. The first kappa shape index (κ1) is 29.5. The summed E-state index contributed by atoms with van der Waals surface area (Å²) in [5.41, 5.74) is 19.1. The van der Waals surface area contributed by atoms with Crippen molar-refractivity contribution >= 4 is 17.1 Å². The largest absolute Gasteiger partial charge is 0.310 e. The zero-order chi connectivity index (χ0) is 33.3. The molecule has 1 heteroatoms. The molecule has 2 aliphatic carbocycles. The molecule has 0 fully saturated rings. The zero-order valence-electron chi connectivity index (χ0n) is 28.5. The van der Waals surface area contributed by atoms with E-state index in [1.807, 2.05) is 0 Å². The normalized spacial score (nSPS) is 14.4. The minimum absolute atomic E-state index is 0.0938. The molecule has 49 heavy (non-hydrogen) atoms. The zero-order valence-corrected chi connectivity index (χ0v) is 28.5. The van der Waals surface area contributed by atoms with Gasteiger partial charge in [0.1, 0.15) is 0 Å². The minimum atomic E-state index is -0.103. The second-order valence-electron chi connectivity index (χ2n) is 14.5. The van der Waals surface area contributed by atoms with Crippen LogP contribution >= 0.6 is 0 Å². The number of para-hydroxylation sites is 1. The average Bonchev–Trinajstić information content (AvgIpc) is 3.52. The van der Waals surface area contributed by atoms with Crippen LogP contribution in [0.15, 0.2) is 164 Å². The van der Waals surface area contributed by atoms with Crippen LogP contribution in [0.5, 0.6) is 0 Å². The predicted octanol–water partition coefficient (Wildman–Crippen LogP) is 13.1. The van der Waals surface area contributed by atoms with Crippen LogP contribution in [0.1, 0.15) is 49.9 Å². The molecule has 0 saturated carbocycles. The van der Waals surface area contributed by atoms with Crippen molar-refractivity contribution in [1.29, 1.82) is 0 Å². The Labute approximate surface area is 290 Å². The number of nitrogens with zero attached hydrogens (tertiary/aromatic N) is 1. The van der Waals surface area contributed by atoms with Gasteiger partial charge in [0.25, 0.3) is 0 Å². The van der Waals surface area contributed by atoms with Gasteiger partial charge in [0.2, 0.25) is 0 Å². The quantitative estimate of drug-likeness (QED) is 0.183. The van der Waals surface area contributed by atoms with E-state index in [2.05, 4.69) is 196 Å². The maximum atomic E-state index is 2.48. The molecule has 0 saturated heterocycles. The summed E-state index contributed by atoms with van der Waals surface area (Å²) in [6, 6.07) is 60.5. The molecule has 0 atom stereocenters. The van der Waals surface area contributed by atoms with Crippen LogP contribution in [0.25, 0.3) is 44.5 Å². The molecule has 0 aliphatic heterocycles. The second-order valence-corrected chi connectivity index (χ2v) is 14.5. The predicted molar refractivity (Wildman–Crippen MR) is 207 cm³/mol. The van der Waals surface area contributed by atoms with E-state index in [1.165, 1.54) is 66.8 Å². The summed E-state index contributed by atoms with van der Waals surface area (Å²) >= 11 is 0. The number of benzene rings is 7. The third kappa shape index (κ3) is 4.39. The van der Waals surface area contributed by atoms with Crippen molar-refractivity contribution in [2.24, 2.45) is 0 Å². The highest BCUT2D eigenvalue weighted by Gasteiger charge is 2.38. The Kier molecular flexibility index (Phi) is 6.58. The fourth-order valence-corrected chi connectivity index (χ4v) is 8.67. The van der Waals surface area contributed by atoms with E-state index in [4.69, 9.17) is 0 Å². The molecule has 0 bridgehead atoms. The van der Waals surface area contributed by atoms with Crippen LogP contribution in [0, 0.1) is 0 Å². The smallest absolute Gasteiger partial charge is 0.0546 e. The minimum Gasteiger partial charge on any atom is -0.310 e. The number of anilines is 3. The Hall–Kier alpha value is -5.66. The SMILES string of the molecule is CC1(C)c2ccccc2-c2ccc(N(c3ccccc3)c3cccc(-c4ccccc4)c3-c3cccc4c3-c3ccccc3C4(C)C)cc21. The highest BCUT2D eigenvalue weighted by molar-refractivity contribution is 6.03. The van der Waals surface area contributed by atoms with Gasteiger partial charge >= 0.3 is 0 Å². The maximum Gasteiger partial charge on any atom is 0.0546 e. The van der Waals surface area contributed by atoms with Crippen molar-refractivity contribution in [3.8, 4) is 44.5 Å². The lowest BCUT2D eigenvalue weighted by molar-refractivity contribution is 0.660. The maximum absolute atomic E-state index is 2.48. The Morgan fingerprint density at radius 3 is 1.63 bits per heavy atom. The lowest BCUT2D eigenvalue weighted by atomic mass is 9.81. The van der Waals surface area contributed by atoms with Crippen LogP contribution in [0.3, 0.4) is 0 Å². The molecular formula is C48H39N. The van der Waals surface area contributed by atoms with Crippen LogP contribution in [-0.4, -0.2) is 0 Å². The lowest BCUT2D eigenvalue weighted by Gasteiger charge is -2.31. The first-order valence-corrected chi connectivity index (χ1v) is 17.4. The summed E-state index contributed by atoms with van der Waals surface area (Å²) in [7, 11) is 0. The number of fused-ring (bicyclic) bond motifs is 6. The molecule has 0 radical (unpaired) electrons. The highest BCUT2D eigenvalue weighted by Crippen LogP contribution is 2.56. The third-order valence-electron chi connectivity index (χ3n) is 11.1. The van der Waals surface area contributed by atoms with Crippen molar-refractivity contribution < 1.29 is 0 Å². The molecule has 236 valence electrons. The van der Waals surface area contributed by atoms with Crippen LogP contribution in [0.2, 0.25) is 0 Å². The molecule has 9 rings (SSSR count). The van der Waals surface area contributed by atoms with Gasteiger partial charge in [0.15, 0.2) is 0 Å². The summed E-state index contributed by atoms with van der Waals surface area (Å²) in [5.74, 6) is 0. The van der Waals surface area contributed by atoms with E-state index in [-0.39, 0.29) is 10.8 Å². The van der Waals surface area contributed by atoms with Crippen molar-refractivity contribution in [3.05, 3.63) is 186 Å². The van der Waals surface area contributed by atoms with Crippen LogP contribution in [-0.2, 0) is 10.8 Å². The van der Waals surface area contributed by atoms with Gasteiger partial charge in [-0.25, -0.2) is 0 Å². The molecule has 0 unspecified atom stereocenters.